The molecule has 0 bridgehead atoms. The normalized spacial score (nSPS) is 19.5. The van der Waals surface area contributed by atoms with Gasteiger partial charge in [-0.15, -0.1) is 0 Å². The molecule has 0 fully saturated rings. The number of hydrogen-bond donors (Lipinski definition) is 2. The second-order valence-corrected chi connectivity index (χ2v) is 10.7. The Balaban J connectivity index is 0.00000341. The molecule has 0 aromatic heterocycles. The molecule has 1 amide bonds. The van der Waals surface area contributed by atoms with Crippen LogP contribution in [0.5, 0.6) is 0 Å². The molecule has 0 unspecified atom stereocenters. The third-order valence-electron chi connectivity index (χ3n) is 5.25. The van der Waals surface area contributed by atoms with E-state index >= 15 is 0 Å². The molecule has 2 atom stereocenters. The van der Waals surface area contributed by atoms with Crippen molar-refractivity contribution in [3.63, 3.8) is 0 Å². The molecule has 8 heteroatoms. The Bertz CT molecular complexity index is 1090. The number of sulfonamides is 1. The van der Waals surface area contributed by atoms with Gasteiger partial charge in [-0.25, -0.2) is 13.9 Å². The van der Waals surface area contributed by atoms with Crippen molar-refractivity contribution in [2.24, 2.45) is 5.41 Å². The highest BCUT2D eigenvalue weighted by Crippen LogP contribution is 2.46. The first-order chi connectivity index (χ1) is 14.0. The summed E-state index contributed by atoms with van der Waals surface area (Å²) >= 11 is 6.02. The van der Waals surface area contributed by atoms with Gasteiger partial charge >= 0.3 is 0 Å². The molecule has 0 saturated carbocycles. The Morgan fingerprint density at radius 3 is 2.19 bits per heavy atom. The van der Waals surface area contributed by atoms with Crippen LogP contribution in [-0.2, 0) is 14.8 Å². The summed E-state index contributed by atoms with van der Waals surface area (Å²) in [5.41, 5.74) is 2.50. The number of carbonyl (C=O) groups is 1. The SMILES string of the molecule is C.Cc1ccccc1S(=O)(=O)N1[C@@H](c2ccc(Cl)cc2)C(C(=O)NO)=C[C@H]1C(C)(C)C. The maximum absolute atomic E-state index is 13.9. The largest absolute Gasteiger partial charge is 0.288 e. The van der Waals surface area contributed by atoms with E-state index in [2.05, 4.69) is 0 Å². The molecule has 1 heterocycles. The minimum atomic E-state index is -4.00. The van der Waals surface area contributed by atoms with E-state index in [1.165, 1.54) is 4.31 Å². The van der Waals surface area contributed by atoms with Crippen molar-refractivity contribution in [3.05, 3.63) is 76.3 Å². The molecule has 2 aromatic carbocycles. The number of halogens is 1. The van der Waals surface area contributed by atoms with Crippen molar-refractivity contribution in [2.75, 3.05) is 0 Å². The lowest BCUT2D eigenvalue weighted by Gasteiger charge is -2.37. The number of carbonyl (C=O) groups excluding carboxylic acids is 1. The van der Waals surface area contributed by atoms with Gasteiger partial charge in [0.2, 0.25) is 10.0 Å². The minimum absolute atomic E-state index is 0. The van der Waals surface area contributed by atoms with Crippen molar-refractivity contribution >= 4 is 27.5 Å². The van der Waals surface area contributed by atoms with Gasteiger partial charge in [-0.05, 0) is 41.7 Å². The number of amides is 1. The molecule has 3 rings (SSSR count). The zero-order chi connectivity index (χ0) is 22.3. The van der Waals surface area contributed by atoms with Crippen molar-refractivity contribution in [1.29, 1.82) is 0 Å². The number of hydroxylamine groups is 1. The van der Waals surface area contributed by atoms with Crippen molar-refractivity contribution in [2.45, 2.75) is 52.1 Å². The van der Waals surface area contributed by atoms with Gasteiger partial charge in [0, 0.05) is 16.6 Å². The average Bonchev–Trinajstić information content (AvgIpc) is 3.10. The number of hydrogen-bond acceptors (Lipinski definition) is 4. The zero-order valence-corrected chi connectivity index (χ0v) is 18.8. The Morgan fingerprint density at radius 1 is 1.10 bits per heavy atom. The zero-order valence-electron chi connectivity index (χ0n) is 17.3. The van der Waals surface area contributed by atoms with Crippen molar-refractivity contribution < 1.29 is 18.4 Å². The lowest BCUT2D eigenvalue weighted by Crippen LogP contribution is -2.45. The van der Waals surface area contributed by atoms with E-state index in [0.29, 0.717) is 16.1 Å². The number of rotatable bonds is 4. The highest BCUT2D eigenvalue weighted by molar-refractivity contribution is 7.89. The molecule has 2 N–H and O–H groups in total. The fourth-order valence-corrected chi connectivity index (χ4v) is 6.02. The van der Waals surface area contributed by atoms with E-state index in [1.54, 1.807) is 67.0 Å². The van der Waals surface area contributed by atoms with Crippen LogP contribution in [0.1, 0.15) is 45.4 Å². The third-order valence-corrected chi connectivity index (χ3v) is 7.51. The number of aryl methyl sites for hydroxylation is 1. The van der Waals surface area contributed by atoms with Gasteiger partial charge in [-0.3, -0.25) is 10.0 Å². The summed E-state index contributed by atoms with van der Waals surface area (Å²) < 4.78 is 29.1. The Hall–Kier alpha value is -2.19. The fraction of sp³-hybridized carbons (Fsp3) is 0.348. The first-order valence-corrected chi connectivity index (χ1v) is 11.3. The molecule has 0 radical (unpaired) electrons. The monoisotopic (exact) mass is 464 g/mol. The van der Waals surface area contributed by atoms with E-state index in [0.717, 1.165) is 0 Å². The molecule has 1 aliphatic heterocycles. The molecule has 0 aliphatic carbocycles. The van der Waals surface area contributed by atoms with E-state index < -0.39 is 33.4 Å². The third kappa shape index (κ3) is 4.70. The molecule has 1 aliphatic rings. The summed E-state index contributed by atoms with van der Waals surface area (Å²) in [6.45, 7) is 7.47. The highest BCUT2D eigenvalue weighted by Gasteiger charge is 2.49. The van der Waals surface area contributed by atoms with Crippen LogP contribution < -0.4 is 5.48 Å². The second kappa shape index (κ2) is 9.12. The quantitative estimate of drug-likeness (QED) is 0.498. The molecule has 31 heavy (non-hydrogen) atoms. The Kier molecular flexibility index (Phi) is 7.38. The summed E-state index contributed by atoms with van der Waals surface area (Å²) in [7, 11) is -4.00. The molecule has 0 saturated heterocycles. The van der Waals surface area contributed by atoms with Gasteiger partial charge < -0.3 is 0 Å². The first kappa shape index (κ1) is 25.1. The Morgan fingerprint density at radius 2 is 1.68 bits per heavy atom. The number of nitrogens with zero attached hydrogens (tertiary/aromatic N) is 1. The van der Waals surface area contributed by atoms with Crippen LogP contribution in [-0.4, -0.2) is 29.9 Å². The number of benzene rings is 2. The van der Waals surface area contributed by atoms with Crippen molar-refractivity contribution in [3.8, 4) is 0 Å². The summed E-state index contributed by atoms with van der Waals surface area (Å²) in [6, 6.07) is 11.9. The highest BCUT2D eigenvalue weighted by atomic mass is 35.5. The van der Waals surface area contributed by atoms with E-state index in [4.69, 9.17) is 11.6 Å². The molecule has 2 aromatic rings. The van der Waals surface area contributed by atoms with Crippen molar-refractivity contribution in [1.82, 2.24) is 9.79 Å². The summed E-state index contributed by atoms with van der Waals surface area (Å²) in [5, 5.41) is 9.81. The van der Waals surface area contributed by atoms with Crippen LogP contribution >= 0.6 is 11.6 Å². The molecular formula is C23H29ClN2O4S. The molecule has 168 valence electrons. The van der Waals surface area contributed by atoms with Gasteiger partial charge in [-0.2, -0.15) is 4.31 Å². The predicted octanol–water partition coefficient (Wildman–Crippen LogP) is 4.88. The molecular weight excluding hydrogens is 436 g/mol. The minimum Gasteiger partial charge on any atom is -0.288 e. The van der Waals surface area contributed by atoms with Crippen LogP contribution in [0.2, 0.25) is 5.02 Å². The lowest BCUT2D eigenvalue weighted by atomic mass is 9.87. The summed E-state index contributed by atoms with van der Waals surface area (Å²) in [5.74, 6) is -0.744. The standard InChI is InChI=1S/C22H25ClN2O4S.CH4/c1-14-7-5-6-8-18(14)30(28,29)25-19(22(2,3)4)13-17(21(26)24-27)20(25)15-9-11-16(23)12-10-15;/h5-13,19-20,27H,1-4H3,(H,24,26);1H4/t19-,20-;/m0./s1. The summed E-state index contributed by atoms with van der Waals surface area (Å²) in [4.78, 5) is 12.7. The van der Waals surface area contributed by atoms with Gasteiger partial charge in [0.05, 0.1) is 10.9 Å². The maximum Gasteiger partial charge on any atom is 0.272 e. The van der Waals surface area contributed by atoms with Crippen LogP contribution in [0.25, 0.3) is 0 Å². The first-order valence-electron chi connectivity index (χ1n) is 9.49. The van der Waals surface area contributed by atoms with Gasteiger partial charge in [0.25, 0.3) is 5.91 Å². The van der Waals surface area contributed by atoms with Crippen LogP contribution in [0.15, 0.2) is 65.1 Å². The van der Waals surface area contributed by atoms with E-state index in [1.807, 2.05) is 20.8 Å². The van der Waals surface area contributed by atoms with Crippen LogP contribution in [0.4, 0.5) is 0 Å². The van der Waals surface area contributed by atoms with Gasteiger partial charge in [0.1, 0.15) is 0 Å². The predicted molar refractivity (Wildman–Crippen MR) is 122 cm³/mol. The lowest BCUT2D eigenvalue weighted by molar-refractivity contribution is -0.125. The van der Waals surface area contributed by atoms with E-state index in [-0.39, 0.29) is 17.9 Å². The average molecular weight is 465 g/mol. The van der Waals surface area contributed by atoms with Gasteiger partial charge in [0.15, 0.2) is 0 Å². The second-order valence-electron chi connectivity index (χ2n) is 8.43. The topological polar surface area (TPSA) is 86.7 Å². The van der Waals surface area contributed by atoms with Crippen LogP contribution in [0.3, 0.4) is 0 Å². The maximum atomic E-state index is 13.9. The molecule has 0 spiro atoms. The molecule has 6 nitrogen and oxygen atoms in total. The number of nitrogens with one attached hydrogen (secondary N) is 1. The smallest absolute Gasteiger partial charge is 0.272 e. The van der Waals surface area contributed by atoms with Crippen LogP contribution in [0, 0.1) is 12.3 Å². The summed E-state index contributed by atoms with van der Waals surface area (Å²) in [6.07, 6.45) is 1.63. The Labute approximate surface area is 189 Å². The van der Waals surface area contributed by atoms with E-state index in [9.17, 15) is 18.4 Å². The fourth-order valence-electron chi connectivity index (χ4n) is 3.75. The van der Waals surface area contributed by atoms with Gasteiger partial charge in [-0.1, -0.05) is 76.2 Å².